The van der Waals surface area contributed by atoms with Crippen LogP contribution in [0.15, 0.2) is 18.2 Å². The van der Waals surface area contributed by atoms with Gasteiger partial charge in [-0.2, -0.15) is 0 Å². The number of aromatic nitrogens is 2. The van der Waals surface area contributed by atoms with Gasteiger partial charge in [-0.3, -0.25) is 0 Å². The summed E-state index contributed by atoms with van der Waals surface area (Å²) >= 11 is 8.13. The van der Waals surface area contributed by atoms with Gasteiger partial charge in [-0.05, 0) is 47.2 Å². The van der Waals surface area contributed by atoms with Gasteiger partial charge in [-0.25, -0.2) is 4.98 Å². The Hall–Kier alpha value is -0.290. The third-order valence-electron chi connectivity index (χ3n) is 2.55. The Morgan fingerprint density at radius 1 is 1.44 bits per heavy atom. The highest BCUT2D eigenvalue weighted by Crippen LogP contribution is 2.20. The van der Waals surface area contributed by atoms with Crippen molar-refractivity contribution in [1.29, 1.82) is 0 Å². The van der Waals surface area contributed by atoms with Gasteiger partial charge in [0.2, 0.25) is 0 Å². The monoisotopic (exact) mass is 348 g/mol. The number of alkyl halides is 1. The van der Waals surface area contributed by atoms with E-state index < -0.39 is 0 Å². The van der Waals surface area contributed by atoms with E-state index in [4.69, 9.17) is 11.6 Å². The lowest BCUT2D eigenvalue weighted by molar-refractivity contribution is 0.660. The number of benzene rings is 1. The van der Waals surface area contributed by atoms with Crippen LogP contribution < -0.4 is 0 Å². The molecule has 0 fully saturated rings. The van der Waals surface area contributed by atoms with Gasteiger partial charge >= 0.3 is 0 Å². The minimum absolute atomic E-state index is 0.629. The van der Waals surface area contributed by atoms with E-state index in [-0.39, 0.29) is 0 Å². The molecule has 2 nitrogen and oxygen atoms in total. The molecule has 16 heavy (non-hydrogen) atoms. The van der Waals surface area contributed by atoms with E-state index in [2.05, 4.69) is 57.3 Å². The van der Waals surface area contributed by atoms with Crippen LogP contribution in [0.1, 0.15) is 19.2 Å². The first-order valence-electron chi connectivity index (χ1n) is 5.47. The molecule has 86 valence electrons. The molecule has 0 N–H and O–H groups in total. The summed E-state index contributed by atoms with van der Waals surface area (Å²) in [5.41, 5.74) is 2.31. The molecule has 0 bridgehead atoms. The zero-order valence-electron chi connectivity index (χ0n) is 9.21. The van der Waals surface area contributed by atoms with E-state index in [1.165, 1.54) is 9.09 Å². The quantitative estimate of drug-likeness (QED) is 0.606. The summed E-state index contributed by atoms with van der Waals surface area (Å²) in [6.07, 6.45) is 1.96. The lowest BCUT2D eigenvalue weighted by atomic mass is 10.3. The van der Waals surface area contributed by atoms with Gasteiger partial charge in [0.05, 0.1) is 11.0 Å². The van der Waals surface area contributed by atoms with Crippen molar-refractivity contribution in [2.75, 3.05) is 5.88 Å². The largest absolute Gasteiger partial charge is 0.328 e. The number of hydrogen-bond acceptors (Lipinski definition) is 1. The average Bonchev–Trinajstić information content (AvgIpc) is 2.57. The maximum Gasteiger partial charge on any atom is 0.111 e. The fourth-order valence-electron chi connectivity index (χ4n) is 1.90. The average molecular weight is 349 g/mol. The third kappa shape index (κ3) is 2.35. The molecule has 0 unspecified atom stereocenters. The second kappa shape index (κ2) is 5.36. The maximum atomic E-state index is 5.81. The minimum atomic E-state index is 0.629. The predicted octanol–water partition coefficient (Wildman–Crippen LogP) is 3.83. The van der Waals surface area contributed by atoms with Gasteiger partial charge in [-0.15, -0.1) is 11.6 Å². The molecule has 0 saturated heterocycles. The lowest BCUT2D eigenvalue weighted by Gasteiger charge is -2.06. The molecule has 0 saturated carbocycles. The Labute approximate surface area is 114 Å². The van der Waals surface area contributed by atoms with Gasteiger partial charge in [0.15, 0.2) is 0 Å². The number of fused-ring (bicyclic) bond motifs is 1. The normalized spacial score (nSPS) is 11.2. The highest BCUT2D eigenvalue weighted by atomic mass is 127. The van der Waals surface area contributed by atoms with Crippen molar-refractivity contribution in [2.24, 2.45) is 0 Å². The minimum Gasteiger partial charge on any atom is -0.328 e. The number of nitrogens with zero attached hydrogens (tertiary/aromatic N) is 2. The summed E-state index contributed by atoms with van der Waals surface area (Å²) in [6, 6.07) is 6.40. The van der Waals surface area contributed by atoms with Crippen molar-refractivity contribution in [3.05, 3.63) is 27.6 Å². The van der Waals surface area contributed by atoms with Crippen LogP contribution in [0.5, 0.6) is 0 Å². The van der Waals surface area contributed by atoms with E-state index in [0.717, 1.165) is 30.7 Å². The summed E-state index contributed by atoms with van der Waals surface area (Å²) in [4.78, 5) is 4.66. The lowest BCUT2D eigenvalue weighted by Crippen LogP contribution is -2.03. The molecular weight excluding hydrogens is 335 g/mol. The topological polar surface area (TPSA) is 17.8 Å². The van der Waals surface area contributed by atoms with E-state index in [0.29, 0.717) is 5.88 Å². The molecular formula is C12H14ClIN2. The molecule has 1 heterocycles. The number of halogens is 2. The van der Waals surface area contributed by atoms with E-state index in [9.17, 15) is 0 Å². The van der Waals surface area contributed by atoms with Crippen molar-refractivity contribution >= 4 is 45.2 Å². The zero-order valence-corrected chi connectivity index (χ0v) is 12.1. The molecule has 1 aromatic carbocycles. The summed E-state index contributed by atoms with van der Waals surface area (Å²) in [7, 11) is 0. The van der Waals surface area contributed by atoms with Crippen LogP contribution in [-0.2, 0) is 13.0 Å². The fourth-order valence-corrected chi connectivity index (χ4v) is 2.55. The smallest absolute Gasteiger partial charge is 0.111 e. The van der Waals surface area contributed by atoms with Gasteiger partial charge in [-0.1, -0.05) is 6.92 Å². The van der Waals surface area contributed by atoms with E-state index >= 15 is 0 Å². The number of rotatable bonds is 4. The van der Waals surface area contributed by atoms with Crippen molar-refractivity contribution in [2.45, 2.75) is 26.3 Å². The molecule has 2 aromatic rings. The van der Waals surface area contributed by atoms with Gasteiger partial charge in [0, 0.05) is 22.4 Å². The Balaban J connectivity index is 2.56. The second-order valence-corrected chi connectivity index (χ2v) is 5.38. The Kier molecular flexibility index (Phi) is 4.08. The molecule has 4 heteroatoms. The highest BCUT2D eigenvalue weighted by molar-refractivity contribution is 14.1. The molecule has 0 amide bonds. The SMILES string of the molecule is CCCn1c(CCCl)nc2cc(I)ccc21. The predicted molar refractivity (Wildman–Crippen MR) is 77.2 cm³/mol. The van der Waals surface area contributed by atoms with E-state index in [1.807, 2.05) is 0 Å². The standard InChI is InChI=1S/C12H14ClIN2/c1-2-7-16-11-4-3-9(14)8-10(11)15-12(16)5-6-13/h3-4,8H,2,5-7H2,1H3. The van der Waals surface area contributed by atoms with E-state index in [1.54, 1.807) is 0 Å². The fraction of sp³-hybridized carbons (Fsp3) is 0.417. The Morgan fingerprint density at radius 3 is 2.94 bits per heavy atom. The molecule has 2 rings (SSSR count). The summed E-state index contributed by atoms with van der Waals surface area (Å²) in [5, 5.41) is 0. The van der Waals surface area contributed by atoms with Crippen LogP contribution in [0.3, 0.4) is 0 Å². The summed E-state index contributed by atoms with van der Waals surface area (Å²) in [5.74, 6) is 1.73. The van der Waals surface area contributed by atoms with Gasteiger partial charge in [0.25, 0.3) is 0 Å². The maximum absolute atomic E-state index is 5.81. The summed E-state index contributed by atoms with van der Waals surface area (Å²) < 4.78 is 3.51. The van der Waals surface area contributed by atoms with Crippen LogP contribution in [0.4, 0.5) is 0 Å². The molecule has 0 aliphatic heterocycles. The molecule has 0 aliphatic rings. The number of hydrogen-bond donors (Lipinski definition) is 0. The van der Waals surface area contributed by atoms with Crippen molar-refractivity contribution < 1.29 is 0 Å². The van der Waals surface area contributed by atoms with Crippen LogP contribution in [0.25, 0.3) is 11.0 Å². The van der Waals surface area contributed by atoms with Gasteiger partial charge in [0.1, 0.15) is 5.82 Å². The number of aryl methyl sites for hydroxylation is 2. The van der Waals surface area contributed by atoms with Crippen LogP contribution in [0, 0.1) is 3.57 Å². The first-order chi connectivity index (χ1) is 7.76. The van der Waals surface area contributed by atoms with Gasteiger partial charge < -0.3 is 4.57 Å². The summed E-state index contributed by atoms with van der Waals surface area (Å²) in [6.45, 7) is 3.20. The zero-order chi connectivity index (χ0) is 11.5. The third-order valence-corrected chi connectivity index (χ3v) is 3.41. The Morgan fingerprint density at radius 2 is 2.25 bits per heavy atom. The second-order valence-electron chi connectivity index (χ2n) is 3.75. The molecule has 1 aromatic heterocycles. The molecule has 0 atom stereocenters. The van der Waals surface area contributed by atoms with Crippen LogP contribution >= 0.6 is 34.2 Å². The van der Waals surface area contributed by atoms with Crippen LogP contribution in [-0.4, -0.2) is 15.4 Å². The van der Waals surface area contributed by atoms with Crippen LogP contribution in [0.2, 0.25) is 0 Å². The molecule has 0 aliphatic carbocycles. The van der Waals surface area contributed by atoms with Crippen molar-refractivity contribution in [3.63, 3.8) is 0 Å². The number of imidazole rings is 1. The first-order valence-corrected chi connectivity index (χ1v) is 7.08. The Bertz CT molecular complexity index is 493. The molecule has 0 radical (unpaired) electrons. The first kappa shape index (κ1) is 12.2. The molecule has 0 spiro atoms. The van der Waals surface area contributed by atoms with Crippen molar-refractivity contribution in [1.82, 2.24) is 9.55 Å². The van der Waals surface area contributed by atoms with Crippen molar-refractivity contribution in [3.8, 4) is 0 Å². The highest BCUT2D eigenvalue weighted by Gasteiger charge is 2.09.